The first kappa shape index (κ1) is 10.7. The van der Waals surface area contributed by atoms with Crippen molar-refractivity contribution in [3.63, 3.8) is 0 Å². The van der Waals surface area contributed by atoms with Crippen LogP contribution in [0.4, 0.5) is 11.4 Å². The highest BCUT2D eigenvalue weighted by Crippen LogP contribution is 2.37. The molecule has 0 atom stereocenters. The number of fused-ring (bicyclic) bond motifs is 1. The molecule has 1 aliphatic heterocycles. The molecular weight excluding hydrogens is 226 g/mol. The Kier molecular flexibility index (Phi) is 2.66. The van der Waals surface area contributed by atoms with E-state index in [1.807, 2.05) is 0 Å². The van der Waals surface area contributed by atoms with Gasteiger partial charge in [-0.3, -0.25) is 4.79 Å². The lowest BCUT2D eigenvalue weighted by molar-refractivity contribution is -0.120. The molecule has 6 heteroatoms. The molecular formula is C10H11N3O2S. The van der Waals surface area contributed by atoms with Gasteiger partial charge in [-0.25, -0.2) is 0 Å². The van der Waals surface area contributed by atoms with Gasteiger partial charge >= 0.3 is 0 Å². The lowest BCUT2D eigenvalue weighted by atomic mass is 10.2. The minimum atomic E-state index is -0.0834. The first-order chi connectivity index (χ1) is 7.59. The van der Waals surface area contributed by atoms with Gasteiger partial charge in [0.05, 0.1) is 11.4 Å². The number of carbonyl (C=O) groups is 1. The predicted octanol–water partition coefficient (Wildman–Crippen LogP) is 0.697. The van der Waals surface area contributed by atoms with Crippen LogP contribution < -0.4 is 20.7 Å². The third-order valence-corrected chi connectivity index (χ3v) is 2.43. The molecule has 1 aliphatic rings. The summed E-state index contributed by atoms with van der Waals surface area (Å²) < 4.78 is 5.37. The summed E-state index contributed by atoms with van der Waals surface area (Å²) in [4.78, 5) is 13.0. The Morgan fingerprint density at radius 3 is 3.06 bits per heavy atom. The van der Waals surface area contributed by atoms with Gasteiger partial charge in [0.25, 0.3) is 5.91 Å². The van der Waals surface area contributed by atoms with Crippen LogP contribution in [0, 0.1) is 0 Å². The average molecular weight is 237 g/mol. The molecule has 0 spiro atoms. The summed E-state index contributed by atoms with van der Waals surface area (Å²) >= 11 is 4.77. The molecule has 0 radical (unpaired) electrons. The van der Waals surface area contributed by atoms with E-state index >= 15 is 0 Å². The van der Waals surface area contributed by atoms with E-state index < -0.39 is 0 Å². The van der Waals surface area contributed by atoms with Gasteiger partial charge in [0.2, 0.25) is 0 Å². The van der Waals surface area contributed by atoms with Crippen LogP contribution in [0.1, 0.15) is 0 Å². The number of anilines is 2. The molecule has 0 aliphatic carbocycles. The highest BCUT2D eigenvalue weighted by Gasteiger charge is 2.24. The topological polar surface area (TPSA) is 67.6 Å². The number of thiocarbonyl (C=S) groups is 1. The molecule has 1 aromatic carbocycles. The zero-order valence-corrected chi connectivity index (χ0v) is 9.50. The summed E-state index contributed by atoms with van der Waals surface area (Å²) in [6, 6.07) is 5.40. The first-order valence-corrected chi connectivity index (χ1v) is 5.09. The van der Waals surface area contributed by atoms with Crippen molar-refractivity contribution >= 4 is 34.6 Å². The van der Waals surface area contributed by atoms with Crippen LogP contribution in [0.15, 0.2) is 18.2 Å². The van der Waals surface area contributed by atoms with E-state index in [4.69, 9.17) is 22.7 Å². The second-order valence-electron chi connectivity index (χ2n) is 3.38. The maximum absolute atomic E-state index is 11.4. The van der Waals surface area contributed by atoms with Crippen molar-refractivity contribution in [2.75, 3.05) is 23.9 Å². The number of hydrogen-bond acceptors (Lipinski definition) is 3. The molecule has 84 valence electrons. The molecule has 0 aromatic heterocycles. The average Bonchev–Trinajstić information content (AvgIpc) is 2.23. The first-order valence-electron chi connectivity index (χ1n) is 4.68. The number of ether oxygens (including phenoxy) is 1. The fourth-order valence-corrected chi connectivity index (χ4v) is 1.65. The van der Waals surface area contributed by atoms with E-state index in [-0.39, 0.29) is 17.6 Å². The van der Waals surface area contributed by atoms with Crippen LogP contribution in [0.25, 0.3) is 0 Å². The largest absolute Gasteiger partial charge is 0.479 e. The molecule has 1 heterocycles. The number of hydrogen-bond donors (Lipinski definition) is 2. The fraction of sp³-hybridized carbons (Fsp3) is 0.200. The Hall–Kier alpha value is -1.82. The molecule has 0 saturated carbocycles. The van der Waals surface area contributed by atoms with Crippen LogP contribution in [-0.4, -0.2) is 24.7 Å². The minimum absolute atomic E-state index is 0.0273. The number of para-hydroxylation sites is 1. The Bertz CT molecular complexity index is 461. The lowest BCUT2D eigenvalue weighted by Gasteiger charge is -2.27. The predicted molar refractivity (Wildman–Crippen MR) is 65.8 cm³/mol. The van der Waals surface area contributed by atoms with Crippen LogP contribution in [0.2, 0.25) is 0 Å². The van der Waals surface area contributed by atoms with Gasteiger partial charge in [0, 0.05) is 7.05 Å². The second kappa shape index (κ2) is 3.97. The molecule has 2 rings (SSSR count). The Labute approximate surface area is 98.2 Å². The van der Waals surface area contributed by atoms with Gasteiger partial charge < -0.3 is 20.7 Å². The third-order valence-electron chi connectivity index (χ3n) is 2.33. The van der Waals surface area contributed by atoms with Crippen molar-refractivity contribution in [1.29, 1.82) is 0 Å². The Balaban J connectivity index is 2.44. The SMILES string of the molecule is CN1C(=O)COc2c(NC(N)=S)cccc21. The second-order valence-corrected chi connectivity index (χ2v) is 3.82. The summed E-state index contributed by atoms with van der Waals surface area (Å²) in [5, 5.41) is 2.98. The zero-order chi connectivity index (χ0) is 11.7. The third kappa shape index (κ3) is 1.79. The Morgan fingerprint density at radius 1 is 1.62 bits per heavy atom. The fourth-order valence-electron chi connectivity index (χ4n) is 1.54. The molecule has 0 fully saturated rings. The van der Waals surface area contributed by atoms with Crippen molar-refractivity contribution < 1.29 is 9.53 Å². The molecule has 0 bridgehead atoms. The van der Waals surface area contributed by atoms with E-state index in [1.54, 1.807) is 30.1 Å². The maximum Gasteiger partial charge on any atom is 0.264 e. The molecule has 1 amide bonds. The minimum Gasteiger partial charge on any atom is -0.479 e. The number of carbonyl (C=O) groups excluding carboxylic acids is 1. The van der Waals surface area contributed by atoms with Crippen molar-refractivity contribution in [2.45, 2.75) is 0 Å². The van der Waals surface area contributed by atoms with Crippen molar-refractivity contribution in [2.24, 2.45) is 5.73 Å². The summed E-state index contributed by atoms with van der Waals surface area (Å²) in [5.74, 6) is 0.511. The molecule has 1 aromatic rings. The van der Waals surface area contributed by atoms with Crippen molar-refractivity contribution in [3.05, 3.63) is 18.2 Å². The maximum atomic E-state index is 11.4. The number of likely N-dealkylation sites (N-methyl/N-ethyl adjacent to an activating group) is 1. The van der Waals surface area contributed by atoms with Gasteiger partial charge in [0.15, 0.2) is 17.5 Å². The number of benzene rings is 1. The quantitative estimate of drug-likeness (QED) is 0.704. The number of amides is 1. The summed E-state index contributed by atoms with van der Waals surface area (Å²) in [6.07, 6.45) is 0. The van der Waals surface area contributed by atoms with Gasteiger partial charge in [-0.15, -0.1) is 0 Å². The zero-order valence-electron chi connectivity index (χ0n) is 8.69. The normalized spacial score (nSPS) is 14.1. The van der Waals surface area contributed by atoms with Crippen LogP contribution in [0.5, 0.6) is 5.75 Å². The monoisotopic (exact) mass is 237 g/mol. The van der Waals surface area contributed by atoms with E-state index in [1.165, 1.54) is 0 Å². The molecule has 3 N–H and O–H groups in total. The van der Waals surface area contributed by atoms with Gasteiger partial charge in [0.1, 0.15) is 0 Å². The molecule has 0 saturated heterocycles. The number of nitrogens with two attached hydrogens (primary N) is 1. The van der Waals surface area contributed by atoms with E-state index in [0.717, 1.165) is 0 Å². The number of nitrogens with one attached hydrogen (secondary N) is 1. The number of nitrogens with zero attached hydrogens (tertiary/aromatic N) is 1. The number of rotatable bonds is 1. The van der Waals surface area contributed by atoms with Crippen molar-refractivity contribution in [1.82, 2.24) is 0 Å². The molecule has 0 unspecified atom stereocenters. The van der Waals surface area contributed by atoms with Crippen molar-refractivity contribution in [3.8, 4) is 5.75 Å². The highest BCUT2D eigenvalue weighted by molar-refractivity contribution is 7.80. The standard InChI is InChI=1S/C10H11N3O2S/c1-13-7-4-2-3-6(12-10(11)16)9(7)15-5-8(13)14/h2-4H,5H2,1H3,(H3,11,12,16). The summed E-state index contributed by atoms with van der Waals surface area (Å²) in [5.41, 5.74) is 6.78. The van der Waals surface area contributed by atoms with Gasteiger partial charge in [-0.1, -0.05) is 6.07 Å². The molecule has 16 heavy (non-hydrogen) atoms. The van der Waals surface area contributed by atoms with Crippen LogP contribution in [-0.2, 0) is 4.79 Å². The van der Waals surface area contributed by atoms with Crippen LogP contribution in [0.3, 0.4) is 0 Å². The Morgan fingerprint density at radius 2 is 2.38 bits per heavy atom. The molecule has 5 nitrogen and oxygen atoms in total. The van der Waals surface area contributed by atoms with Crippen LogP contribution >= 0.6 is 12.2 Å². The smallest absolute Gasteiger partial charge is 0.264 e. The summed E-state index contributed by atoms with van der Waals surface area (Å²) in [6.45, 7) is 0.0273. The summed E-state index contributed by atoms with van der Waals surface area (Å²) in [7, 11) is 1.70. The van der Waals surface area contributed by atoms with Gasteiger partial charge in [-0.2, -0.15) is 0 Å². The van der Waals surface area contributed by atoms with E-state index in [0.29, 0.717) is 17.1 Å². The van der Waals surface area contributed by atoms with E-state index in [2.05, 4.69) is 5.32 Å². The lowest BCUT2D eigenvalue weighted by Crippen LogP contribution is -2.36. The highest BCUT2D eigenvalue weighted by atomic mass is 32.1. The van der Waals surface area contributed by atoms with Gasteiger partial charge in [-0.05, 0) is 24.4 Å². The van der Waals surface area contributed by atoms with E-state index in [9.17, 15) is 4.79 Å².